The maximum atomic E-state index is 12.5. The largest absolute Gasteiger partial charge is 0.350 e. The highest BCUT2D eigenvalue weighted by Crippen LogP contribution is 2.33. The van der Waals surface area contributed by atoms with E-state index in [9.17, 15) is 13.2 Å². The predicted octanol–water partition coefficient (Wildman–Crippen LogP) is 3.19. The summed E-state index contributed by atoms with van der Waals surface area (Å²) in [6.45, 7) is 10.5. The molecule has 138 valence electrons. The van der Waals surface area contributed by atoms with Crippen LogP contribution in [0.4, 0.5) is 5.69 Å². The van der Waals surface area contributed by atoms with Crippen molar-refractivity contribution in [2.75, 3.05) is 11.4 Å². The topological polar surface area (TPSA) is 78.8 Å². The minimum absolute atomic E-state index is 0.0443. The molecule has 1 aromatic rings. The third-order valence-electron chi connectivity index (χ3n) is 4.08. The van der Waals surface area contributed by atoms with Gasteiger partial charge in [0.25, 0.3) is 15.9 Å². The number of hydrogen-bond donors (Lipinski definition) is 1. The summed E-state index contributed by atoms with van der Waals surface area (Å²) < 4.78 is 28.8. The van der Waals surface area contributed by atoms with Gasteiger partial charge in [-0.2, -0.15) is 8.42 Å². The van der Waals surface area contributed by atoms with Gasteiger partial charge in [0.05, 0.1) is 5.69 Å². The Labute approximate surface area is 150 Å². The number of nitrogens with one attached hydrogen (secondary N) is 1. The second-order valence-electron chi connectivity index (χ2n) is 6.96. The molecule has 25 heavy (non-hydrogen) atoms. The molecule has 7 heteroatoms. The third kappa shape index (κ3) is 4.39. The molecule has 0 aliphatic carbocycles. The van der Waals surface area contributed by atoms with Gasteiger partial charge in [0.15, 0.2) is 0 Å². The molecule has 1 aliphatic heterocycles. The van der Waals surface area contributed by atoms with Gasteiger partial charge in [-0.15, -0.1) is 4.40 Å². The van der Waals surface area contributed by atoms with Crippen LogP contribution in [0.3, 0.4) is 0 Å². The van der Waals surface area contributed by atoms with E-state index in [0.717, 1.165) is 12.8 Å². The van der Waals surface area contributed by atoms with E-state index in [1.165, 1.54) is 6.07 Å². The molecule has 0 spiro atoms. The van der Waals surface area contributed by atoms with Gasteiger partial charge in [0, 0.05) is 18.2 Å². The van der Waals surface area contributed by atoms with E-state index in [1.54, 1.807) is 19.1 Å². The molecule has 2 rings (SSSR count). The highest BCUT2D eigenvalue weighted by Gasteiger charge is 2.30. The van der Waals surface area contributed by atoms with Gasteiger partial charge in [0.2, 0.25) is 0 Å². The van der Waals surface area contributed by atoms with Crippen LogP contribution in [0, 0.1) is 5.92 Å². The Kier molecular flexibility index (Phi) is 5.87. The van der Waals surface area contributed by atoms with Gasteiger partial charge in [-0.05, 0) is 44.4 Å². The van der Waals surface area contributed by atoms with Crippen molar-refractivity contribution in [1.82, 2.24) is 5.32 Å². The summed E-state index contributed by atoms with van der Waals surface area (Å²) in [4.78, 5) is 14.4. The smallest absolute Gasteiger partial charge is 0.286 e. The van der Waals surface area contributed by atoms with Crippen LogP contribution < -0.4 is 10.2 Å². The molecule has 1 amide bonds. The summed E-state index contributed by atoms with van der Waals surface area (Å²) in [5, 5.41) is 2.90. The Morgan fingerprint density at radius 2 is 1.96 bits per heavy atom. The number of rotatable bonds is 6. The van der Waals surface area contributed by atoms with Gasteiger partial charge < -0.3 is 10.2 Å². The number of carbonyl (C=O) groups is 1. The molecule has 1 aliphatic rings. The van der Waals surface area contributed by atoms with E-state index in [0.29, 0.717) is 29.5 Å². The van der Waals surface area contributed by atoms with Crippen molar-refractivity contribution in [2.45, 2.75) is 58.4 Å². The standard InChI is InChI=1S/C18H27N3O3S/c1-6-7-13(4)19-18(22)15-8-9-16-17(10-15)25(23,24)20-14(5)21(16)11-12(2)3/h8-10,12-13H,6-7,11H2,1-5H3,(H,19,22)/t13-/m1/s1. The molecule has 0 aromatic heterocycles. The summed E-state index contributed by atoms with van der Waals surface area (Å²) in [5.41, 5.74) is 0.920. The van der Waals surface area contributed by atoms with Crippen LogP contribution in [-0.4, -0.2) is 32.7 Å². The average Bonchev–Trinajstić information content (AvgIpc) is 2.50. The first-order valence-corrected chi connectivity index (χ1v) is 10.1. The lowest BCUT2D eigenvalue weighted by Gasteiger charge is -2.31. The zero-order valence-electron chi connectivity index (χ0n) is 15.5. The Morgan fingerprint density at radius 1 is 1.28 bits per heavy atom. The van der Waals surface area contributed by atoms with Gasteiger partial charge in [-0.25, -0.2) is 0 Å². The van der Waals surface area contributed by atoms with E-state index in [1.807, 2.05) is 11.8 Å². The Balaban J connectivity index is 2.40. The molecule has 6 nitrogen and oxygen atoms in total. The fourth-order valence-electron chi connectivity index (χ4n) is 2.94. The van der Waals surface area contributed by atoms with Gasteiger partial charge in [-0.3, -0.25) is 4.79 Å². The summed E-state index contributed by atoms with van der Waals surface area (Å²) in [5.74, 6) is 0.535. The lowest BCUT2D eigenvalue weighted by atomic mass is 10.1. The quantitative estimate of drug-likeness (QED) is 0.840. The number of fused-ring (bicyclic) bond motifs is 1. The SMILES string of the molecule is CCC[C@@H](C)NC(=O)c1ccc2c(c1)S(=O)(=O)N=C(C)N2CC(C)C. The Morgan fingerprint density at radius 3 is 2.56 bits per heavy atom. The highest BCUT2D eigenvalue weighted by molar-refractivity contribution is 7.90. The van der Waals surface area contributed by atoms with E-state index in [2.05, 4.69) is 30.5 Å². The minimum Gasteiger partial charge on any atom is -0.350 e. The first-order chi connectivity index (χ1) is 11.7. The molecule has 0 radical (unpaired) electrons. The van der Waals surface area contributed by atoms with Crippen LogP contribution in [0.15, 0.2) is 27.5 Å². The molecular weight excluding hydrogens is 338 g/mol. The fourth-order valence-corrected chi connectivity index (χ4v) is 4.20. The second-order valence-corrected chi connectivity index (χ2v) is 8.54. The van der Waals surface area contributed by atoms with Crippen LogP contribution in [0.25, 0.3) is 0 Å². The van der Waals surface area contributed by atoms with Gasteiger partial charge in [0.1, 0.15) is 10.7 Å². The molecule has 0 unspecified atom stereocenters. The summed E-state index contributed by atoms with van der Waals surface area (Å²) in [6.07, 6.45) is 1.85. The Hall–Kier alpha value is -1.89. The lowest BCUT2D eigenvalue weighted by Crippen LogP contribution is -2.37. The van der Waals surface area contributed by atoms with E-state index in [4.69, 9.17) is 0 Å². The number of nitrogens with zero attached hydrogens (tertiary/aromatic N) is 2. The van der Waals surface area contributed by atoms with Crippen molar-refractivity contribution in [3.63, 3.8) is 0 Å². The van der Waals surface area contributed by atoms with E-state index in [-0.39, 0.29) is 16.8 Å². The van der Waals surface area contributed by atoms with Crippen LogP contribution >= 0.6 is 0 Å². The van der Waals surface area contributed by atoms with Crippen molar-refractivity contribution in [3.8, 4) is 0 Å². The van der Waals surface area contributed by atoms with Gasteiger partial charge in [-0.1, -0.05) is 27.2 Å². The average molecular weight is 365 g/mol. The monoisotopic (exact) mass is 365 g/mol. The number of carbonyl (C=O) groups excluding carboxylic acids is 1. The first-order valence-electron chi connectivity index (χ1n) is 8.69. The molecule has 0 saturated heterocycles. The molecule has 1 aromatic carbocycles. The van der Waals surface area contributed by atoms with E-state index < -0.39 is 10.0 Å². The maximum Gasteiger partial charge on any atom is 0.286 e. The van der Waals surface area contributed by atoms with Crippen molar-refractivity contribution in [2.24, 2.45) is 10.3 Å². The highest BCUT2D eigenvalue weighted by atomic mass is 32.2. The number of hydrogen-bond acceptors (Lipinski definition) is 4. The molecule has 0 fully saturated rings. The van der Waals surface area contributed by atoms with Crippen molar-refractivity contribution < 1.29 is 13.2 Å². The van der Waals surface area contributed by atoms with Crippen LogP contribution in [0.5, 0.6) is 0 Å². The molecule has 1 atom stereocenters. The number of benzene rings is 1. The molecule has 0 bridgehead atoms. The zero-order valence-corrected chi connectivity index (χ0v) is 16.4. The predicted molar refractivity (Wildman–Crippen MR) is 101 cm³/mol. The summed E-state index contributed by atoms with van der Waals surface area (Å²) >= 11 is 0. The number of amidine groups is 1. The molecule has 1 N–H and O–H groups in total. The normalized spacial score (nSPS) is 17.0. The first kappa shape index (κ1) is 19.4. The maximum absolute atomic E-state index is 12.5. The number of anilines is 1. The van der Waals surface area contributed by atoms with Crippen LogP contribution in [0.2, 0.25) is 0 Å². The van der Waals surface area contributed by atoms with Crippen LogP contribution in [0.1, 0.15) is 57.8 Å². The fraction of sp³-hybridized carbons (Fsp3) is 0.556. The number of sulfonamides is 1. The molecule has 0 saturated carbocycles. The van der Waals surface area contributed by atoms with Gasteiger partial charge >= 0.3 is 0 Å². The van der Waals surface area contributed by atoms with Crippen molar-refractivity contribution in [1.29, 1.82) is 0 Å². The molecule has 1 heterocycles. The van der Waals surface area contributed by atoms with Crippen LogP contribution in [-0.2, 0) is 10.0 Å². The zero-order chi connectivity index (χ0) is 18.8. The number of amides is 1. The Bertz CT molecular complexity index is 785. The summed E-state index contributed by atoms with van der Waals surface area (Å²) in [6, 6.07) is 4.85. The lowest BCUT2D eigenvalue weighted by molar-refractivity contribution is 0.0938. The second kappa shape index (κ2) is 7.56. The molecular formula is C18H27N3O3S. The van der Waals surface area contributed by atoms with E-state index >= 15 is 0 Å². The third-order valence-corrected chi connectivity index (χ3v) is 5.47. The minimum atomic E-state index is -3.79. The van der Waals surface area contributed by atoms with Crippen molar-refractivity contribution >= 4 is 27.5 Å². The summed E-state index contributed by atoms with van der Waals surface area (Å²) in [7, 11) is -3.79. The van der Waals surface area contributed by atoms with Crippen molar-refractivity contribution in [3.05, 3.63) is 23.8 Å².